The Morgan fingerprint density at radius 2 is 1.76 bits per heavy atom. The number of rotatable bonds is 5. The first kappa shape index (κ1) is 15.4. The van der Waals surface area contributed by atoms with E-state index in [1.165, 1.54) is 19.2 Å². The van der Waals surface area contributed by atoms with Crippen LogP contribution >= 0.6 is 0 Å². The average molecular weight is 295 g/mol. The summed E-state index contributed by atoms with van der Waals surface area (Å²) in [5.41, 5.74) is 1.08. The minimum atomic E-state index is -0.891. The van der Waals surface area contributed by atoms with E-state index in [0.29, 0.717) is 23.4 Å². The van der Waals surface area contributed by atoms with Gasteiger partial charge in [0.25, 0.3) is 0 Å². The largest absolute Gasteiger partial charge is 0.497 e. The summed E-state index contributed by atoms with van der Waals surface area (Å²) >= 11 is 0. The number of hydrogen-bond donors (Lipinski definition) is 1. The molecule has 2 aromatic rings. The molecule has 0 fully saturated rings. The average Bonchev–Trinajstić information content (AvgIpc) is 2.48. The fourth-order valence-corrected chi connectivity index (χ4v) is 2.02. The summed E-state index contributed by atoms with van der Waals surface area (Å²) in [5, 5.41) is 3.07. The van der Waals surface area contributed by atoms with Crippen molar-refractivity contribution in [1.82, 2.24) is 5.32 Å². The standard InChI is InChI=1S/C16H16F3NO/c1-10(13-5-4-12(21-2)8-15(13)18)20-9-11-3-6-14(17)16(19)7-11/h3-8,10,20H,9H2,1-2H3. The molecular weight excluding hydrogens is 279 g/mol. The summed E-state index contributed by atoms with van der Waals surface area (Å²) in [4.78, 5) is 0. The first-order valence-corrected chi connectivity index (χ1v) is 6.52. The van der Waals surface area contributed by atoms with Crippen molar-refractivity contribution in [2.75, 3.05) is 7.11 Å². The molecule has 21 heavy (non-hydrogen) atoms. The fourth-order valence-electron chi connectivity index (χ4n) is 2.02. The van der Waals surface area contributed by atoms with Crippen molar-refractivity contribution in [3.8, 4) is 5.75 Å². The zero-order chi connectivity index (χ0) is 15.4. The first-order valence-electron chi connectivity index (χ1n) is 6.52. The van der Waals surface area contributed by atoms with Gasteiger partial charge in [0, 0.05) is 24.2 Å². The second-order valence-corrected chi connectivity index (χ2v) is 4.74. The monoisotopic (exact) mass is 295 g/mol. The van der Waals surface area contributed by atoms with Crippen molar-refractivity contribution in [2.45, 2.75) is 19.5 Å². The lowest BCUT2D eigenvalue weighted by molar-refractivity contribution is 0.409. The van der Waals surface area contributed by atoms with E-state index in [1.807, 2.05) is 0 Å². The molecule has 0 saturated heterocycles. The molecule has 1 unspecified atom stereocenters. The van der Waals surface area contributed by atoms with Gasteiger partial charge in [0.05, 0.1) is 7.11 Å². The van der Waals surface area contributed by atoms with E-state index in [4.69, 9.17) is 4.74 Å². The highest BCUT2D eigenvalue weighted by Crippen LogP contribution is 2.22. The molecule has 1 N–H and O–H groups in total. The molecular formula is C16H16F3NO. The summed E-state index contributed by atoms with van der Waals surface area (Å²) in [6, 6.07) is 8.03. The van der Waals surface area contributed by atoms with Crippen LogP contribution < -0.4 is 10.1 Å². The molecule has 0 heterocycles. The quantitative estimate of drug-likeness (QED) is 0.901. The Morgan fingerprint density at radius 3 is 2.38 bits per heavy atom. The summed E-state index contributed by atoms with van der Waals surface area (Å²) in [7, 11) is 1.47. The third-order valence-corrected chi connectivity index (χ3v) is 3.27. The summed E-state index contributed by atoms with van der Waals surface area (Å²) < 4.78 is 44.8. The van der Waals surface area contributed by atoms with Crippen LogP contribution in [0.4, 0.5) is 13.2 Å². The van der Waals surface area contributed by atoms with Gasteiger partial charge in [0.2, 0.25) is 0 Å². The molecule has 2 nitrogen and oxygen atoms in total. The van der Waals surface area contributed by atoms with Gasteiger partial charge in [-0.1, -0.05) is 12.1 Å². The molecule has 1 atom stereocenters. The van der Waals surface area contributed by atoms with Crippen molar-refractivity contribution < 1.29 is 17.9 Å². The third kappa shape index (κ3) is 3.76. The molecule has 0 radical (unpaired) electrons. The Labute approximate surface area is 121 Å². The highest BCUT2D eigenvalue weighted by molar-refractivity contribution is 5.30. The highest BCUT2D eigenvalue weighted by atomic mass is 19.2. The SMILES string of the molecule is COc1ccc(C(C)NCc2ccc(F)c(F)c2)c(F)c1. The fraction of sp³-hybridized carbons (Fsp3) is 0.250. The van der Waals surface area contributed by atoms with Gasteiger partial charge < -0.3 is 10.1 Å². The molecule has 112 valence electrons. The topological polar surface area (TPSA) is 21.3 Å². The zero-order valence-corrected chi connectivity index (χ0v) is 11.8. The number of hydrogen-bond acceptors (Lipinski definition) is 2. The third-order valence-electron chi connectivity index (χ3n) is 3.27. The van der Waals surface area contributed by atoms with Crippen molar-refractivity contribution >= 4 is 0 Å². The molecule has 0 bridgehead atoms. The Kier molecular flexibility index (Phi) is 4.85. The smallest absolute Gasteiger partial charge is 0.159 e. The molecule has 0 aromatic heterocycles. The van der Waals surface area contributed by atoms with Crippen LogP contribution in [-0.4, -0.2) is 7.11 Å². The van der Waals surface area contributed by atoms with E-state index >= 15 is 0 Å². The maximum absolute atomic E-state index is 13.9. The van der Waals surface area contributed by atoms with Crippen molar-refractivity contribution in [2.24, 2.45) is 0 Å². The van der Waals surface area contributed by atoms with Gasteiger partial charge in [-0.2, -0.15) is 0 Å². The van der Waals surface area contributed by atoms with Gasteiger partial charge in [-0.15, -0.1) is 0 Å². The number of ether oxygens (including phenoxy) is 1. The van der Waals surface area contributed by atoms with Crippen LogP contribution in [0, 0.1) is 17.5 Å². The normalized spacial score (nSPS) is 12.2. The lowest BCUT2D eigenvalue weighted by Gasteiger charge is -2.16. The van der Waals surface area contributed by atoms with Crippen LogP contribution in [0.3, 0.4) is 0 Å². The molecule has 2 aromatic carbocycles. The second kappa shape index (κ2) is 6.63. The molecule has 5 heteroatoms. The van der Waals surface area contributed by atoms with Crippen molar-refractivity contribution in [1.29, 1.82) is 0 Å². The summed E-state index contributed by atoms with van der Waals surface area (Å²) in [5.74, 6) is -1.70. The van der Waals surface area contributed by atoms with Crippen LogP contribution in [0.15, 0.2) is 36.4 Å². The lowest BCUT2D eigenvalue weighted by Crippen LogP contribution is -2.19. The Morgan fingerprint density at radius 1 is 1.00 bits per heavy atom. The maximum Gasteiger partial charge on any atom is 0.159 e. The molecule has 0 amide bonds. The van der Waals surface area contributed by atoms with Crippen molar-refractivity contribution in [3.63, 3.8) is 0 Å². The van der Waals surface area contributed by atoms with E-state index < -0.39 is 11.6 Å². The number of methoxy groups -OCH3 is 1. The number of benzene rings is 2. The Balaban J connectivity index is 2.04. The van der Waals surface area contributed by atoms with Gasteiger partial charge >= 0.3 is 0 Å². The van der Waals surface area contributed by atoms with Gasteiger partial charge in [-0.3, -0.25) is 0 Å². The zero-order valence-electron chi connectivity index (χ0n) is 11.8. The van der Waals surface area contributed by atoms with E-state index in [9.17, 15) is 13.2 Å². The highest BCUT2D eigenvalue weighted by Gasteiger charge is 2.12. The summed E-state index contributed by atoms with van der Waals surface area (Å²) in [6.07, 6.45) is 0. The van der Waals surface area contributed by atoms with E-state index in [1.54, 1.807) is 19.1 Å². The van der Waals surface area contributed by atoms with E-state index in [2.05, 4.69) is 5.32 Å². The van der Waals surface area contributed by atoms with Crippen LogP contribution in [-0.2, 0) is 6.54 Å². The molecule has 2 rings (SSSR count). The van der Waals surface area contributed by atoms with E-state index in [0.717, 1.165) is 12.1 Å². The van der Waals surface area contributed by atoms with Gasteiger partial charge in [-0.25, -0.2) is 13.2 Å². The molecule has 0 aliphatic heterocycles. The molecule has 0 saturated carbocycles. The Hall–Kier alpha value is -2.01. The predicted octanol–water partition coefficient (Wildman–Crippen LogP) is 3.96. The van der Waals surface area contributed by atoms with Crippen molar-refractivity contribution in [3.05, 3.63) is 65.0 Å². The van der Waals surface area contributed by atoms with Gasteiger partial charge in [0.1, 0.15) is 11.6 Å². The maximum atomic E-state index is 13.9. The Bertz CT molecular complexity index is 631. The van der Waals surface area contributed by atoms with Crippen LogP contribution in [0.5, 0.6) is 5.75 Å². The molecule has 0 aliphatic carbocycles. The first-order chi connectivity index (χ1) is 10.0. The second-order valence-electron chi connectivity index (χ2n) is 4.74. The minimum absolute atomic E-state index is 0.274. The summed E-state index contributed by atoms with van der Waals surface area (Å²) in [6.45, 7) is 2.11. The number of halogens is 3. The lowest BCUT2D eigenvalue weighted by atomic mass is 10.1. The minimum Gasteiger partial charge on any atom is -0.497 e. The molecule has 0 spiro atoms. The van der Waals surface area contributed by atoms with Crippen LogP contribution in [0.25, 0.3) is 0 Å². The van der Waals surface area contributed by atoms with Gasteiger partial charge in [0.15, 0.2) is 11.6 Å². The van der Waals surface area contributed by atoms with E-state index in [-0.39, 0.29) is 11.9 Å². The van der Waals surface area contributed by atoms with Crippen LogP contribution in [0.2, 0.25) is 0 Å². The predicted molar refractivity (Wildman–Crippen MR) is 74.6 cm³/mol. The van der Waals surface area contributed by atoms with Gasteiger partial charge in [-0.05, 0) is 30.7 Å². The van der Waals surface area contributed by atoms with Crippen LogP contribution in [0.1, 0.15) is 24.1 Å². The molecule has 0 aliphatic rings. The number of nitrogens with one attached hydrogen (secondary N) is 1.